The minimum Gasteiger partial charge on any atom is -0.356 e. The summed E-state index contributed by atoms with van der Waals surface area (Å²) in [5, 5.41) is 10.6. The van der Waals surface area contributed by atoms with Gasteiger partial charge in [-0.2, -0.15) is 4.98 Å². The molecule has 0 saturated heterocycles. The van der Waals surface area contributed by atoms with E-state index in [1.165, 1.54) is 24.8 Å². The molecule has 0 spiro atoms. The minimum absolute atomic E-state index is 0.239. The predicted octanol–water partition coefficient (Wildman–Crippen LogP) is 2.21. The Morgan fingerprint density at radius 3 is 2.62 bits per heavy atom. The molecule has 2 N–H and O–H groups in total. The van der Waals surface area contributed by atoms with E-state index in [0.29, 0.717) is 24.7 Å². The smallest absolute Gasteiger partial charge is 0.228 e. The molecule has 24 heavy (non-hydrogen) atoms. The number of guanidine groups is 1. The Kier molecular flexibility index (Phi) is 5.13. The number of hydrogen-bond donors (Lipinski definition) is 2. The zero-order valence-corrected chi connectivity index (χ0v) is 14.4. The van der Waals surface area contributed by atoms with E-state index in [-0.39, 0.29) is 5.41 Å². The molecule has 1 aromatic heterocycles. The molecule has 2 aromatic rings. The van der Waals surface area contributed by atoms with Crippen LogP contribution in [0, 0.1) is 6.92 Å². The highest BCUT2D eigenvalue weighted by atomic mass is 16.5. The van der Waals surface area contributed by atoms with Crippen molar-refractivity contribution >= 4 is 5.96 Å². The van der Waals surface area contributed by atoms with Gasteiger partial charge in [0.1, 0.15) is 0 Å². The van der Waals surface area contributed by atoms with E-state index >= 15 is 0 Å². The summed E-state index contributed by atoms with van der Waals surface area (Å²) in [6, 6.07) is 10.8. The lowest BCUT2D eigenvalue weighted by atomic mass is 9.64. The van der Waals surface area contributed by atoms with E-state index in [4.69, 9.17) is 4.52 Å². The van der Waals surface area contributed by atoms with Gasteiger partial charge in [-0.25, -0.2) is 0 Å². The second kappa shape index (κ2) is 7.47. The molecule has 0 bridgehead atoms. The molecular formula is C18H25N5O. The minimum atomic E-state index is 0.239. The summed E-state index contributed by atoms with van der Waals surface area (Å²) in [4.78, 5) is 8.51. The van der Waals surface area contributed by atoms with Crippen LogP contribution in [0.5, 0.6) is 0 Å². The highest BCUT2D eigenvalue weighted by molar-refractivity contribution is 5.79. The van der Waals surface area contributed by atoms with Gasteiger partial charge in [0.2, 0.25) is 5.89 Å². The largest absolute Gasteiger partial charge is 0.356 e. The normalized spacial score (nSPS) is 16.5. The van der Waals surface area contributed by atoms with Crippen molar-refractivity contribution in [2.24, 2.45) is 4.99 Å². The van der Waals surface area contributed by atoms with Crippen LogP contribution in [-0.2, 0) is 11.8 Å². The van der Waals surface area contributed by atoms with Crippen LogP contribution >= 0.6 is 0 Å². The van der Waals surface area contributed by atoms with E-state index in [0.717, 1.165) is 12.5 Å². The lowest BCUT2D eigenvalue weighted by molar-refractivity contribution is 0.244. The van der Waals surface area contributed by atoms with Gasteiger partial charge >= 0.3 is 0 Å². The third-order valence-corrected chi connectivity index (χ3v) is 4.72. The summed E-state index contributed by atoms with van der Waals surface area (Å²) in [5.41, 5.74) is 1.66. The van der Waals surface area contributed by atoms with Gasteiger partial charge in [0.25, 0.3) is 0 Å². The van der Waals surface area contributed by atoms with E-state index in [1.54, 1.807) is 7.05 Å². The van der Waals surface area contributed by atoms with Gasteiger partial charge in [-0.05, 0) is 25.3 Å². The number of aromatic nitrogens is 2. The molecule has 6 heteroatoms. The average Bonchev–Trinajstić information content (AvgIpc) is 2.98. The Morgan fingerprint density at radius 1 is 1.25 bits per heavy atom. The number of benzene rings is 1. The van der Waals surface area contributed by atoms with Gasteiger partial charge in [0.15, 0.2) is 11.8 Å². The van der Waals surface area contributed by atoms with Crippen LogP contribution in [0.1, 0.15) is 36.5 Å². The number of aryl methyl sites for hydroxylation is 1. The summed E-state index contributed by atoms with van der Waals surface area (Å²) in [6.45, 7) is 3.43. The van der Waals surface area contributed by atoms with Crippen LogP contribution < -0.4 is 10.6 Å². The molecular weight excluding hydrogens is 302 g/mol. The van der Waals surface area contributed by atoms with Crippen molar-refractivity contribution in [1.29, 1.82) is 0 Å². The number of aliphatic imine (C=N–C) groups is 1. The first-order chi connectivity index (χ1) is 11.7. The van der Waals surface area contributed by atoms with Crippen molar-refractivity contribution in [3.8, 4) is 0 Å². The molecule has 0 unspecified atom stereocenters. The maximum Gasteiger partial charge on any atom is 0.228 e. The lowest BCUT2D eigenvalue weighted by Crippen LogP contribution is -2.49. The zero-order chi connectivity index (χ0) is 16.8. The fourth-order valence-electron chi connectivity index (χ4n) is 3.17. The molecule has 3 rings (SSSR count). The van der Waals surface area contributed by atoms with Crippen LogP contribution in [0.15, 0.2) is 39.8 Å². The highest BCUT2D eigenvalue weighted by Gasteiger charge is 2.38. The van der Waals surface area contributed by atoms with Gasteiger partial charge in [0, 0.05) is 32.0 Å². The van der Waals surface area contributed by atoms with Crippen molar-refractivity contribution in [2.45, 2.75) is 38.0 Å². The quantitative estimate of drug-likeness (QED) is 0.628. The zero-order valence-electron chi connectivity index (χ0n) is 14.4. The van der Waals surface area contributed by atoms with Gasteiger partial charge in [-0.3, -0.25) is 4.99 Å². The molecule has 1 aromatic carbocycles. The lowest BCUT2D eigenvalue weighted by Gasteiger charge is -2.43. The molecule has 0 aliphatic heterocycles. The van der Waals surface area contributed by atoms with Crippen molar-refractivity contribution in [2.75, 3.05) is 20.1 Å². The third-order valence-electron chi connectivity index (χ3n) is 4.72. The molecule has 0 amide bonds. The Labute approximate surface area is 142 Å². The van der Waals surface area contributed by atoms with Crippen molar-refractivity contribution in [1.82, 2.24) is 20.8 Å². The first kappa shape index (κ1) is 16.5. The van der Waals surface area contributed by atoms with Crippen molar-refractivity contribution in [3.63, 3.8) is 0 Å². The first-order valence-electron chi connectivity index (χ1n) is 8.51. The third kappa shape index (κ3) is 3.75. The second-order valence-electron chi connectivity index (χ2n) is 6.34. The van der Waals surface area contributed by atoms with E-state index < -0.39 is 0 Å². The van der Waals surface area contributed by atoms with E-state index in [1.807, 2.05) is 6.92 Å². The molecule has 1 saturated carbocycles. The van der Waals surface area contributed by atoms with Gasteiger partial charge < -0.3 is 15.2 Å². The van der Waals surface area contributed by atoms with Crippen LogP contribution in [0.25, 0.3) is 0 Å². The molecule has 1 fully saturated rings. The highest BCUT2D eigenvalue weighted by Crippen LogP contribution is 2.43. The summed E-state index contributed by atoms with van der Waals surface area (Å²) in [7, 11) is 1.79. The summed E-state index contributed by atoms with van der Waals surface area (Å²) >= 11 is 0. The summed E-state index contributed by atoms with van der Waals surface area (Å²) in [5.74, 6) is 2.13. The molecule has 128 valence electrons. The standard InChI is InChI=1S/C18H25N5O/c1-14-22-16(24-23-14)9-12-20-17(19-2)21-13-18(10-6-11-18)15-7-4-3-5-8-15/h3-5,7-8H,6,9-13H2,1-2H3,(H2,19,20,21). The van der Waals surface area contributed by atoms with Crippen LogP contribution in [0.2, 0.25) is 0 Å². The number of nitrogens with one attached hydrogen (secondary N) is 2. The number of rotatable bonds is 6. The maximum atomic E-state index is 5.12. The van der Waals surface area contributed by atoms with Gasteiger partial charge in [-0.15, -0.1) is 0 Å². The molecule has 1 aliphatic rings. The Morgan fingerprint density at radius 2 is 2.04 bits per heavy atom. The average molecular weight is 327 g/mol. The maximum absolute atomic E-state index is 5.12. The van der Waals surface area contributed by atoms with Gasteiger partial charge in [0.05, 0.1) is 0 Å². The number of hydrogen-bond acceptors (Lipinski definition) is 4. The molecule has 1 heterocycles. The predicted molar refractivity (Wildman–Crippen MR) is 94.1 cm³/mol. The summed E-state index contributed by atoms with van der Waals surface area (Å²) in [6.07, 6.45) is 4.43. The Hall–Kier alpha value is -2.37. The SMILES string of the molecule is CN=C(NCCc1nc(C)no1)NCC1(c2ccccc2)CCC1. The van der Waals surface area contributed by atoms with Crippen LogP contribution in [0.3, 0.4) is 0 Å². The van der Waals surface area contributed by atoms with Crippen LogP contribution in [-0.4, -0.2) is 36.2 Å². The Bertz CT molecular complexity index is 676. The van der Waals surface area contributed by atoms with Crippen molar-refractivity contribution < 1.29 is 4.52 Å². The Balaban J connectivity index is 1.50. The monoisotopic (exact) mass is 327 g/mol. The first-order valence-corrected chi connectivity index (χ1v) is 8.51. The summed E-state index contributed by atoms with van der Waals surface area (Å²) < 4.78 is 5.12. The van der Waals surface area contributed by atoms with Gasteiger partial charge in [-0.1, -0.05) is 41.9 Å². The number of nitrogens with zero attached hydrogens (tertiary/aromatic N) is 3. The molecule has 1 aliphatic carbocycles. The second-order valence-corrected chi connectivity index (χ2v) is 6.34. The fraction of sp³-hybridized carbons (Fsp3) is 0.500. The van der Waals surface area contributed by atoms with E-state index in [2.05, 4.69) is 56.1 Å². The van der Waals surface area contributed by atoms with E-state index in [9.17, 15) is 0 Å². The molecule has 0 atom stereocenters. The fourth-order valence-corrected chi connectivity index (χ4v) is 3.17. The topological polar surface area (TPSA) is 75.3 Å². The van der Waals surface area contributed by atoms with Crippen molar-refractivity contribution in [3.05, 3.63) is 47.6 Å². The molecule has 6 nitrogen and oxygen atoms in total. The molecule has 0 radical (unpaired) electrons. The van der Waals surface area contributed by atoms with Crippen LogP contribution in [0.4, 0.5) is 0 Å².